The van der Waals surface area contributed by atoms with Crippen molar-refractivity contribution in [1.82, 2.24) is 15.2 Å². The van der Waals surface area contributed by atoms with Gasteiger partial charge >= 0.3 is 0 Å². The molecular formula is C17H30N4. The summed E-state index contributed by atoms with van der Waals surface area (Å²) >= 11 is 0. The summed E-state index contributed by atoms with van der Waals surface area (Å²) < 4.78 is 0. The summed E-state index contributed by atoms with van der Waals surface area (Å²) in [5.41, 5.74) is 2.38. The molecule has 0 saturated carbocycles. The first-order valence-electron chi connectivity index (χ1n) is 8.13. The molecular weight excluding hydrogens is 260 g/mol. The zero-order chi connectivity index (χ0) is 15.4. The van der Waals surface area contributed by atoms with E-state index in [-0.39, 0.29) is 0 Å². The van der Waals surface area contributed by atoms with Gasteiger partial charge in [-0.15, -0.1) is 0 Å². The van der Waals surface area contributed by atoms with Gasteiger partial charge in [0.1, 0.15) is 0 Å². The van der Waals surface area contributed by atoms with Gasteiger partial charge < -0.3 is 15.1 Å². The average Bonchev–Trinajstić information content (AvgIpc) is 2.87. The zero-order valence-corrected chi connectivity index (χ0v) is 14.1. The number of anilines is 1. The lowest BCUT2D eigenvalue weighted by Gasteiger charge is -2.23. The summed E-state index contributed by atoms with van der Waals surface area (Å²) in [6.45, 7) is 9.96. The first-order chi connectivity index (χ1) is 10.0. The second-order valence-corrected chi connectivity index (χ2v) is 6.53. The van der Waals surface area contributed by atoms with Crippen molar-refractivity contribution >= 4 is 5.69 Å². The molecule has 1 N–H and O–H groups in total. The van der Waals surface area contributed by atoms with Gasteiger partial charge in [-0.25, -0.2) is 0 Å². The quantitative estimate of drug-likeness (QED) is 0.872. The van der Waals surface area contributed by atoms with E-state index in [9.17, 15) is 0 Å². The summed E-state index contributed by atoms with van der Waals surface area (Å²) in [5, 5.41) is 3.48. The fourth-order valence-electron chi connectivity index (χ4n) is 3.14. The molecule has 1 aromatic rings. The zero-order valence-electron chi connectivity index (χ0n) is 14.1. The number of nitrogens with zero attached hydrogens (tertiary/aromatic N) is 3. The predicted molar refractivity (Wildman–Crippen MR) is 89.8 cm³/mol. The first-order valence-corrected chi connectivity index (χ1v) is 8.13. The SMILES string of the molecule is CCCNC(C)c1ccc(N2CC(C)C(N(C)C)C2)cn1. The van der Waals surface area contributed by atoms with E-state index in [2.05, 4.69) is 67.1 Å². The topological polar surface area (TPSA) is 31.4 Å². The van der Waals surface area contributed by atoms with Gasteiger partial charge in [0.15, 0.2) is 0 Å². The van der Waals surface area contributed by atoms with Crippen molar-refractivity contribution in [2.45, 2.75) is 39.3 Å². The molecule has 4 nitrogen and oxygen atoms in total. The van der Waals surface area contributed by atoms with Crippen LogP contribution < -0.4 is 10.2 Å². The molecule has 3 atom stereocenters. The van der Waals surface area contributed by atoms with Crippen LogP contribution in [0.2, 0.25) is 0 Å². The number of hydrogen-bond donors (Lipinski definition) is 1. The predicted octanol–water partition coefficient (Wildman–Crippen LogP) is 2.53. The van der Waals surface area contributed by atoms with Crippen LogP contribution in [0, 0.1) is 5.92 Å². The Kier molecular flexibility index (Phi) is 5.59. The van der Waals surface area contributed by atoms with Crippen molar-refractivity contribution in [2.24, 2.45) is 5.92 Å². The fourth-order valence-corrected chi connectivity index (χ4v) is 3.14. The van der Waals surface area contributed by atoms with E-state index in [1.165, 1.54) is 5.69 Å². The summed E-state index contributed by atoms with van der Waals surface area (Å²) in [7, 11) is 4.35. The lowest BCUT2D eigenvalue weighted by Crippen LogP contribution is -2.34. The number of hydrogen-bond acceptors (Lipinski definition) is 4. The minimum absolute atomic E-state index is 0.325. The summed E-state index contributed by atoms with van der Waals surface area (Å²) in [4.78, 5) is 9.44. The number of aromatic nitrogens is 1. The van der Waals surface area contributed by atoms with Crippen LogP contribution in [0.1, 0.15) is 38.9 Å². The molecule has 0 spiro atoms. The Morgan fingerprint density at radius 1 is 1.38 bits per heavy atom. The maximum absolute atomic E-state index is 4.65. The minimum atomic E-state index is 0.325. The molecule has 1 aromatic heterocycles. The van der Waals surface area contributed by atoms with E-state index in [1.54, 1.807) is 0 Å². The Morgan fingerprint density at radius 3 is 2.67 bits per heavy atom. The second-order valence-electron chi connectivity index (χ2n) is 6.53. The van der Waals surface area contributed by atoms with E-state index in [1.807, 2.05) is 6.20 Å². The average molecular weight is 290 g/mol. The summed E-state index contributed by atoms with van der Waals surface area (Å²) in [6.07, 6.45) is 3.18. The van der Waals surface area contributed by atoms with Crippen molar-refractivity contribution in [2.75, 3.05) is 38.6 Å². The highest BCUT2D eigenvalue weighted by Crippen LogP contribution is 2.26. The van der Waals surface area contributed by atoms with Gasteiger partial charge in [-0.1, -0.05) is 13.8 Å². The molecule has 0 aromatic carbocycles. The first kappa shape index (κ1) is 16.2. The van der Waals surface area contributed by atoms with Crippen LogP contribution in [-0.4, -0.2) is 49.7 Å². The highest BCUT2D eigenvalue weighted by atomic mass is 15.2. The van der Waals surface area contributed by atoms with Crippen molar-refractivity contribution in [3.05, 3.63) is 24.0 Å². The lowest BCUT2D eigenvalue weighted by atomic mass is 10.1. The highest BCUT2D eigenvalue weighted by molar-refractivity contribution is 5.46. The van der Waals surface area contributed by atoms with Crippen LogP contribution >= 0.6 is 0 Å². The molecule has 0 bridgehead atoms. The van der Waals surface area contributed by atoms with Crippen LogP contribution in [0.3, 0.4) is 0 Å². The van der Waals surface area contributed by atoms with Gasteiger partial charge in [0, 0.05) is 25.2 Å². The molecule has 1 aliphatic heterocycles. The maximum Gasteiger partial charge on any atom is 0.0572 e. The number of likely N-dealkylation sites (N-methyl/N-ethyl adjacent to an activating group) is 1. The second kappa shape index (κ2) is 7.23. The van der Waals surface area contributed by atoms with Gasteiger partial charge in [0.25, 0.3) is 0 Å². The van der Waals surface area contributed by atoms with E-state index in [0.717, 1.165) is 31.7 Å². The highest BCUT2D eigenvalue weighted by Gasteiger charge is 2.31. The van der Waals surface area contributed by atoms with Crippen molar-refractivity contribution < 1.29 is 0 Å². The third-order valence-electron chi connectivity index (χ3n) is 4.52. The molecule has 1 aliphatic rings. The van der Waals surface area contributed by atoms with Gasteiger partial charge in [0.05, 0.1) is 17.6 Å². The van der Waals surface area contributed by atoms with Crippen molar-refractivity contribution in [1.29, 1.82) is 0 Å². The third kappa shape index (κ3) is 3.95. The Balaban J connectivity index is 1.99. The summed E-state index contributed by atoms with van der Waals surface area (Å²) in [6, 6.07) is 5.34. The molecule has 3 unspecified atom stereocenters. The molecule has 0 aliphatic carbocycles. The number of nitrogens with one attached hydrogen (secondary N) is 1. The van der Waals surface area contributed by atoms with E-state index >= 15 is 0 Å². The van der Waals surface area contributed by atoms with Gasteiger partial charge in [-0.3, -0.25) is 4.98 Å². The fraction of sp³-hybridized carbons (Fsp3) is 0.706. The standard InChI is InChI=1S/C17H30N4/c1-6-9-18-14(3)16-8-7-15(10-19-16)21-11-13(2)17(12-21)20(4)5/h7-8,10,13-14,17-18H,6,9,11-12H2,1-5H3. The molecule has 4 heteroatoms. The monoisotopic (exact) mass is 290 g/mol. The Morgan fingerprint density at radius 2 is 2.14 bits per heavy atom. The van der Waals surface area contributed by atoms with Crippen LogP contribution in [0.15, 0.2) is 18.3 Å². The number of rotatable bonds is 6. The van der Waals surface area contributed by atoms with Gasteiger partial charge in [-0.2, -0.15) is 0 Å². The Bertz CT molecular complexity index is 429. The number of pyridine rings is 1. The Hall–Kier alpha value is -1.13. The van der Waals surface area contributed by atoms with Gasteiger partial charge in [-0.05, 0) is 52.0 Å². The molecule has 1 fully saturated rings. The molecule has 1 saturated heterocycles. The third-order valence-corrected chi connectivity index (χ3v) is 4.52. The molecule has 2 rings (SSSR count). The van der Waals surface area contributed by atoms with Gasteiger partial charge in [0.2, 0.25) is 0 Å². The van der Waals surface area contributed by atoms with E-state index in [4.69, 9.17) is 0 Å². The van der Waals surface area contributed by atoms with Crippen LogP contribution in [-0.2, 0) is 0 Å². The molecule has 2 heterocycles. The molecule has 118 valence electrons. The van der Waals surface area contributed by atoms with Crippen molar-refractivity contribution in [3.8, 4) is 0 Å². The van der Waals surface area contributed by atoms with Crippen molar-refractivity contribution in [3.63, 3.8) is 0 Å². The maximum atomic E-state index is 4.65. The molecule has 0 radical (unpaired) electrons. The van der Waals surface area contributed by atoms with E-state index in [0.29, 0.717) is 18.0 Å². The largest absolute Gasteiger partial charge is 0.368 e. The summed E-state index contributed by atoms with van der Waals surface area (Å²) in [5.74, 6) is 0.699. The smallest absolute Gasteiger partial charge is 0.0572 e. The molecule has 21 heavy (non-hydrogen) atoms. The molecule has 0 amide bonds. The van der Waals surface area contributed by atoms with Crippen LogP contribution in [0.4, 0.5) is 5.69 Å². The Labute approximate surface area is 129 Å². The van der Waals surface area contributed by atoms with E-state index < -0.39 is 0 Å². The van der Waals surface area contributed by atoms with Crippen LogP contribution in [0.5, 0.6) is 0 Å². The van der Waals surface area contributed by atoms with Crippen LogP contribution in [0.25, 0.3) is 0 Å². The normalized spacial score (nSPS) is 23.8. The minimum Gasteiger partial charge on any atom is -0.368 e. The lowest BCUT2D eigenvalue weighted by molar-refractivity contribution is 0.266.